The average Bonchev–Trinajstić information content (AvgIpc) is 2.58. The monoisotopic (exact) mass is 401 g/mol. The van der Waals surface area contributed by atoms with Crippen LogP contribution in [0.5, 0.6) is 0 Å². The zero-order valence-corrected chi connectivity index (χ0v) is 16.3. The van der Waals surface area contributed by atoms with E-state index in [1.54, 1.807) is 12.1 Å². The van der Waals surface area contributed by atoms with Gasteiger partial charge in [0.25, 0.3) is 5.91 Å². The minimum Gasteiger partial charge on any atom is -0.397 e. The van der Waals surface area contributed by atoms with E-state index < -0.39 is 0 Å². The number of carbonyl (C=O) groups is 1. The Morgan fingerprint density at radius 2 is 1.96 bits per heavy atom. The highest BCUT2D eigenvalue weighted by Crippen LogP contribution is 2.33. The van der Waals surface area contributed by atoms with Gasteiger partial charge in [-0.2, -0.15) is 0 Å². The Labute approximate surface area is 157 Å². The SMILES string of the molecule is Cc1cc(N)c(NC(=O)c2ccc(Br)cc2)cc1N1CCCC[C@@H]1C. The number of hydrogen-bond donors (Lipinski definition) is 2. The van der Waals surface area contributed by atoms with Gasteiger partial charge in [-0.3, -0.25) is 4.79 Å². The van der Waals surface area contributed by atoms with E-state index >= 15 is 0 Å². The van der Waals surface area contributed by atoms with Crippen LogP contribution in [0, 0.1) is 6.92 Å². The fraction of sp³-hybridized carbons (Fsp3) is 0.350. The Bertz CT molecular complexity index is 773. The number of amides is 1. The molecule has 3 rings (SSSR count). The van der Waals surface area contributed by atoms with Crippen molar-refractivity contribution < 1.29 is 4.79 Å². The molecule has 0 bridgehead atoms. The first-order valence-corrected chi connectivity index (χ1v) is 9.48. The third-order valence-corrected chi connectivity index (χ3v) is 5.36. The summed E-state index contributed by atoms with van der Waals surface area (Å²) in [6.07, 6.45) is 3.68. The van der Waals surface area contributed by atoms with Crippen molar-refractivity contribution in [3.63, 3.8) is 0 Å². The summed E-state index contributed by atoms with van der Waals surface area (Å²) in [7, 11) is 0. The molecule has 1 heterocycles. The van der Waals surface area contributed by atoms with Crippen molar-refractivity contribution in [1.82, 2.24) is 0 Å². The van der Waals surface area contributed by atoms with Crippen molar-refractivity contribution in [3.8, 4) is 0 Å². The highest BCUT2D eigenvalue weighted by atomic mass is 79.9. The summed E-state index contributed by atoms with van der Waals surface area (Å²) in [5.74, 6) is -0.152. The number of nitrogens with one attached hydrogen (secondary N) is 1. The minimum atomic E-state index is -0.152. The number of piperidine rings is 1. The molecule has 1 fully saturated rings. The molecule has 0 aliphatic carbocycles. The maximum atomic E-state index is 12.5. The lowest BCUT2D eigenvalue weighted by Gasteiger charge is -2.36. The number of halogens is 1. The quantitative estimate of drug-likeness (QED) is 0.713. The van der Waals surface area contributed by atoms with E-state index in [0.717, 1.165) is 22.3 Å². The number of carbonyl (C=O) groups excluding carboxylic acids is 1. The number of benzene rings is 2. The number of nitrogens with two attached hydrogens (primary N) is 1. The van der Waals surface area contributed by atoms with Crippen molar-refractivity contribution in [2.45, 2.75) is 39.2 Å². The fourth-order valence-corrected chi connectivity index (χ4v) is 3.65. The molecule has 25 heavy (non-hydrogen) atoms. The summed E-state index contributed by atoms with van der Waals surface area (Å²) in [4.78, 5) is 14.9. The smallest absolute Gasteiger partial charge is 0.255 e. The Morgan fingerprint density at radius 1 is 1.24 bits per heavy atom. The Kier molecular flexibility index (Phi) is 5.33. The Hall–Kier alpha value is -2.01. The molecule has 0 saturated carbocycles. The molecule has 1 saturated heterocycles. The predicted molar refractivity (Wildman–Crippen MR) is 108 cm³/mol. The molecule has 0 aromatic heterocycles. The summed E-state index contributed by atoms with van der Waals surface area (Å²) in [6, 6.07) is 11.8. The molecule has 0 unspecified atom stereocenters. The molecule has 2 aromatic carbocycles. The van der Waals surface area contributed by atoms with Crippen LogP contribution in [0.4, 0.5) is 17.1 Å². The molecule has 1 aliphatic rings. The zero-order valence-electron chi connectivity index (χ0n) is 14.7. The lowest BCUT2D eigenvalue weighted by atomic mass is 10.0. The maximum absolute atomic E-state index is 12.5. The van der Waals surface area contributed by atoms with Gasteiger partial charge in [0.15, 0.2) is 0 Å². The second-order valence-corrected chi connectivity index (χ2v) is 7.64. The zero-order chi connectivity index (χ0) is 18.0. The molecule has 1 amide bonds. The van der Waals surface area contributed by atoms with Crippen LogP contribution in [0.2, 0.25) is 0 Å². The summed E-state index contributed by atoms with van der Waals surface area (Å²) >= 11 is 3.38. The largest absolute Gasteiger partial charge is 0.397 e. The molecular formula is C20H24BrN3O. The van der Waals surface area contributed by atoms with E-state index in [-0.39, 0.29) is 5.91 Å². The van der Waals surface area contributed by atoms with Crippen LogP contribution >= 0.6 is 15.9 Å². The van der Waals surface area contributed by atoms with Crippen LogP contribution in [0.25, 0.3) is 0 Å². The Balaban J connectivity index is 1.87. The number of nitrogens with zero attached hydrogens (tertiary/aromatic N) is 1. The predicted octanol–water partition coefficient (Wildman–Crippen LogP) is 4.97. The van der Waals surface area contributed by atoms with Gasteiger partial charge in [0.05, 0.1) is 11.4 Å². The second kappa shape index (κ2) is 7.48. The summed E-state index contributed by atoms with van der Waals surface area (Å²) in [6.45, 7) is 5.38. The van der Waals surface area contributed by atoms with Crippen LogP contribution < -0.4 is 16.0 Å². The van der Waals surface area contributed by atoms with Crippen LogP contribution in [0.3, 0.4) is 0 Å². The average molecular weight is 402 g/mol. The first-order chi connectivity index (χ1) is 12.0. The van der Waals surface area contributed by atoms with E-state index in [4.69, 9.17) is 5.73 Å². The Morgan fingerprint density at radius 3 is 2.64 bits per heavy atom. The highest BCUT2D eigenvalue weighted by molar-refractivity contribution is 9.10. The third kappa shape index (κ3) is 3.98. The van der Waals surface area contributed by atoms with Gasteiger partial charge >= 0.3 is 0 Å². The van der Waals surface area contributed by atoms with E-state index in [9.17, 15) is 4.79 Å². The van der Waals surface area contributed by atoms with Gasteiger partial charge in [-0.1, -0.05) is 15.9 Å². The minimum absolute atomic E-state index is 0.152. The second-order valence-electron chi connectivity index (χ2n) is 6.73. The molecule has 132 valence electrons. The van der Waals surface area contributed by atoms with Crippen molar-refractivity contribution >= 4 is 38.9 Å². The van der Waals surface area contributed by atoms with Gasteiger partial charge in [0, 0.05) is 28.3 Å². The van der Waals surface area contributed by atoms with Gasteiger partial charge in [0.2, 0.25) is 0 Å². The maximum Gasteiger partial charge on any atom is 0.255 e. The van der Waals surface area contributed by atoms with Gasteiger partial charge in [-0.15, -0.1) is 0 Å². The lowest BCUT2D eigenvalue weighted by Crippen LogP contribution is -2.37. The normalized spacial score (nSPS) is 17.4. The number of rotatable bonds is 3. The fourth-order valence-electron chi connectivity index (χ4n) is 3.39. The van der Waals surface area contributed by atoms with Crippen LogP contribution in [-0.2, 0) is 0 Å². The number of aryl methyl sites for hydroxylation is 1. The molecule has 1 atom stereocenters. The van der Waals surface area contributed by atoms with Crippen molar-refractivity contribution in [2.24, 2.45) is 0 Å². The van der Waals surface area contributed by atoms with Gasteiger partial charge in [-0.25, -0.2) is 0 Å². The molecule has 4 nitrogen and oxygen atoms in total. The summed E-state index contributed by atoms with van der Waals surface area (Å²) in [5, 5.41) is 2.96. The number of hydrogen-bond acceptors (Lipinski definition) is 3. The van der Waals surface area contributed by atoms with Crippen molar-refractivity contribution in [2.75, 3.05) is 22.5 Å². The van der Waals surface area contributed by atoms with Gasteiger partial charge in [0.1, 0.15) is 0 Å². The summed E-state index contributed by atoms with van der Waals surface area (Å²) in [5.41, 5.74) is 10.3. The topological polar surface area (TPSA) is 58.4 Å². The van der Waals surface area contributed by atoms with Crippen LogP contribution in [0.1, 0.15) is 42.1 Å². The standard InChI is InChI=1S/C20H24BrN3O/c1-13-11-17(22)18(12-19(13)24-10-4-3-5-14(24)2)23-20(25)15-6-8-16(21)9-7-15/h6-9,11-12,14H,3-5,10,22H2,1-2H3,(H,23,25)/t14-/m0/s1. The van der Waals surface area contributed by atoms with Crippen LogP contribution in [-0.4, -0.2) is 18.5 Å². The molecule has 0 spiro atoms. The first kappa shape index (κ1) is 17.8. The lowest BCUT2D eigenvalue weighted by molar-refractivity contribution is 0.102. The first-order valence-electron chi connectivity index (χ1n) is 8.69. The molecule has 0 radical (unpaired) electrons. The third-order valence-electron chi connectivity index (χ3n) is 4.84. The van der Waals surface area contributed by atoms with Crippen LogP contribution in [0.15, 0.2) is 40.9 Å². The van der Waals surface area contributed by atoms with E-state index in [1.807, 2.05) is 24.3 Å². The molecule has 5 heteroatoms. The molecular weight excluding hydrogens is 378 g/mol. The molecule has 1 aliphatic heterocycles. The van der Waals surface area contributed by atoms with Crippen molar-refractivity contribution in [1.29, 1.82) is 0 Å². The number of anilines is 3. The van der Waals surface area contributed by atoms with E-state index in [1.165, 1.54) is 19.3 Å². The molecule has 3 N–H and O–H groups in total. The highest BCUT2D eigenvalue weighted by Gasteiger charge is 2.21. The molecule has 2 aromatic rings. The van der Waals surface area contributed by atoms with Crippen molar-refractivity contribution in [3.05, 3.63) is 52.0 Å². The number of nitrogen functional groups attached to an aromatic ring is 1. The van der Waals surface area contributed by atoms with Gasteiger partial charge in [-0.05, 0) is 75.1 Å². The van der Waals surface area contributed by atoms with E-state index in [0.29, 0.717) is 23.0 Å². The summed E-state index contributed by atoms with van der Waals surface area (Å²) < 4.78 is 0.945. The van der Waals surface area contributed by atoms with Gasteiger partial charge < -0.3 is 16.0 Å². The van der Waals surface area contributed by atoms with E-state index in [2.05, 4.69) is 40.0 Å².